The quantitative estimate of drug-likeness (QED) is 0.237. The Balaban J connectivity index is 1.57. The van der Waals surface area contributed by atoms with Crippen molar-refractivity contribution in [3.05, 3.63) is 93.4 Å². The van der Waals surface area contributed by atoms with Crippen LogP contribution in [0.15, 0.2) is 65.9 Å². The molecule has 0 amide bonds. The molecular weight excluding hydrogens is 426 g/mol. The number of hydrogen-bond donors (Lipinski definition) is 2. The Hall–Kier alpha value is -3.38. The molecule has 3 aromatic rings. The molecule has 0 heterocycles. The van der Waals surface area contributed by atoms with Crippen LogP contribution < -0.4 is 15.1 Å². The highest BCUT2D eigenvalue weighted by Crippen LogP contribution is 2.40. The molecule has 34 heavy (non-hydrogen) atoms. The van der Waals surface area contributed by atoms with Crippen molar-refractivity contribution in [1.29, 1.82) is 0 Å². The Morgan fingerprint density at radius 2 is 1.85 bits per heavy atom. The summed E-state index contributed by atoms with van der Waals surface area (Å²) in [6.07, 6.45) is 3.68. The van der Waals surface area contributed by atoms with Crippen LogP contribution >= 0.6 is 0 Å². The molecule has 0 aliphatic heterocycles. The number of aromatic hydroxyl groups is 1. The van der Waals surface area contributed by atoms with Gasteiger partial charge < -0.3 is 15.2 Å². The molecule has 0 radical (unpaired) electrons. The third-order valence-electron chi connectivity index (χ3n) is 6.67. The van der Waals surface area contributed by atoms with Gasteiger partial charge in [0.15, 0.2) is 0 Å². The Morgan fingerprint density at radius 3 is 2.59 bits per heavy atom. The molecule has 178 valence electrons. The van der Waals surface area contributed by atoms with Crippen LogP contribution in [0.1, 0.15) is 47.1 Å². The molecule has 0 fully saturated rings. The molecule has 1 aliphatic rings. The van der Waals surface area contributed by atoms with E-state index >= 15 is 0 Å². The lowest BCUT2D eigenvalue weighted by Gasteiger charge is -2.29. The summed E-state index contributed by atoms with van der Waals surface area (Å²) < 4.78 is 5.47. The van der Waals surface area contributed by atoms with Gasteiger partial charge in [-0.15, -0.1) is 4.91 Å². The number of nitrogens with zero attached hydrogens (tertiary/aromatic N) is 2. The maximum atomic E-state index is 12.0. The Bertz CT molecular complexity index is 1110. The molecule has 1 atom stereocenters. The first kappa shape index (κ1) is 23.8. The van der Waals surface area contributed by atoms with E-state index in [0.717, 1.165) is 55.6 Å². The van der Waals surface area contributed by atoms with E-state index < -0.39 is 0 Å². The number of phenolic OH excluding ortho intramolecular Hbond substituents is 1. The number of methoxy groups -OCH3 is 1. The van der Waals surface area contributed by atoms with Crippen molar-refractivity contribution in [2.45, 2.75) is 45.1 Å². The van der Waals surface area contributed by atoms with Gasteiger partial charge in [0.2, 0.25) is 0 Å². The summed E-state index contributed by atoms with van der Waals surface area (Å²) in [4.78, 5) is 12.0. The van der Waals surface area contributed by atoms with Gasteiger partial charge in [-0.3, -0.25) is 0 Å². The van der Waals surface area contributed by atoms with E-state index in [1.165, 1.54) is 21.7 Å². The molecule has 1 aliphatic carbocycles. The summed E-state index contributed by atoms with van der Waals surface area (Å²) in [5, 5.41) is 18.1. The van der Waals surface area contributed by atoms with Crippen molar-refractivity contribution < 1.29 is 9.84 Å². The number of ether oxygens (including phenoxy) is 1. The molecule has 0 bridgehead atoms. The summed E-state index contributed by atoms with van der Waals surface area (Å²) >= 11 is 0. The van der Waals surface area contributed by atoms with E-state index in [9.17, 15) is 10.0 Å². The number of nitroso groups, excluding NO2 is 1. The van der Waals surface area contributed by atoms with Crippen LogP contribution in [0.3, 0.4) is 0 Å². The topological polar surface area (TPSA) is 74.2 Å². The Labute approximate surface area is 201 Å². The highest BCUT2D eigenvalue weighted by atomic mass is 16.5. The monoisotopic (exact) mass is 459 g/mol. The molecule has 0 aromatic heterocycles. The molecule has 3 aromatic carbocycles. The van der Waals surface area contributed by atoms with Crippen molar-refractivity contribution in [2.24, 2.45) is 5.29 Å². The average Bonchev–Trinajstić information content (AvgIpc) is 2.87. The third kappa shape index (κ3) is 5.57. The summed E-state index contributed by atoms with van der Waals surface area (Å²) in [5.74, 6) is 1.27. The molecule has 0 saturated heterocycles. The van der Waals surface area contributed by atoms with Gasteiger partial charge in [-0.05, 0) is 90.7 Å². The number of nitrogens with one attached hydrogen (secondary N) is 1. The number of anilines is 1. The zero-order valence-electron chi connectivity index (χ0n) is 20.0. The fourth-order valence-corrected chi connectivity index (χ4v) is 4.78. The van der Waals surface area contributed by atoms with Crippen LogP contribution in [0.2, 0.25) is 0 Å². The van der Waals surface area contributed by atoms with Crippen LogP contribution in [0.5, 0.6) is 11.5 Å². The van der Waals surface area contributed by atoms with Gasteiger partial charge in [0.05, 0.1) is 24.6 Å². The number of likely N-dealkylation sites (N-methyl/N-ethyl adjacent to an activating group) is 1. The normalized spacial score (nSPS) is 14.9. The largest absolute Gasteiger partial charge is 0.508 e. The number of aryl methyl sites for hydroxylation is 1. The average molecular weight is 460 g/mol. The van der Waals surface area contributed by atoms with Gasteiger partial charge in [-0.2, -0.15) is 0 Å². The van der Waals surface area contributed by atoms with Gasteiger partial charge in [-0.25, -0.2) is 5.01 Å². The zero-order chi connectivity index (χ0) is 23.9. The number of benzene rings is 3. The van der Waals surface area contributed by atoms with Crippen LogP contribution in [-0.2, 0) is 25.8 Å². The number of hydrogen-bond acceptors (Lipinski definition) is 5. The predicted octanol–water partition coefficient (Wildman–Crippen LogP) is 5.51. The molecular formula is C28H33N3O3. The lowest BCUT2D eigenvalue weighted by atomic mass is 9.79. The van der Waals surface area contributed by atoms with E-state index in [2.05, 4.69) is 47.9 Å². The van der Waals surface area contributed by atoms with Crippen LogP contribution in [-0.4, -0.2) is 25.3 Å². The minimum atomic E-state index is 0.260. The van der Waals surface area contributed by atoms with Crippen molar-refractivity contribution in [1.82, 2.24) is 5.32 Å². The van der Waals surface area contributed by atoms with E-state index in [1.807, 2.05) is 24.3 Å². The summed E-state index contributed by atoms with van der Waals surface area (Å²) in [6.45, 7) is 4.42. The lowest BCUT2D eigenvalue weighted by Crippen LogP contribution is -2.20. The minimum absolute atomic E-state index is 0.260. The number of rotatable bonds is 10. The second-order valence-corrected chi connectivity index (χ2v) is 8.88. The maximum absolute atomic E-state index is 12.0. The fourth-order valence-electron chi connectivity index (χ4n) is 4.78. The summed E-state index contributed by atoms with van der Waals surface area (Å²) in [6, 6.07) is 19.9. The smallest absolute Gasteiger partial charge is 0.121 e. The van der Waals surface area contributed by atoms with Crippen LogP contribution in [0, 0.1) is 4.91 Å². The van der Waals surface area contributed by atoms with E-state index in [0.29, 0.717) is 18.0 Å². The predicted molar refractivity (Wildman–Crippen MR) is 137 cm³/mol. The number of phenols is 1. The maximum Gasteiger partial charge on any atom is 0.121 e. The fraction of sp³-hybridized carbons (Fsp3) is 0.357. The Morgan fingerprint density at radius 1 is 1.06 bits per heavy atom. The molecule has 0 spiro atoms. The SMILES string of the molecule is CCNCCc1ccc(CN(N=O)c2cc(OC)ccc2[C@@H]2CCc3cc(O)ccc3C2)cc1. The molecule has 4 rings (SSSR count). The standard InChI is InChI=1S/C28H33N3O3/c1-3-29-15-14-20-4-6-21(7-5-20)19-31(30-33)28-18-26(34-2)12-13-27(28)24-9-8-23-17-25(32)11-10-22(23)16-24/h4-7,10-13,17-18,24,29,32H,3,8-9,14-16,19H2,1-2H3/t24-/m1/s1. The summed E-state index contributed by atoms with van der Waals surface area (Å²) in [7, 11) is 1.63. The highest BCUT2D eigenvalue weighted by molar-refractivity contribution is 5.59. The lowest BCUT2D eigenvalue weighted by molar-refractivity contribution is 0.414. The first-order valence-electron chi connectivity index (χ1n) is 12.0. The van der Waals surface area contributed by atoms with Crippen LogP contribution in [0.4, 0.5) is 5.69 Å². The zero-order valence-corrected chi connectivity index (χ0v) is 20.0. The molecule has 0 unspecified atom stereocenters. The second-order valence-electron chi connectivity index (χ2n) is 8.88. The first-order chi connectivity index (χ1) is 16.6. The highest BCUT2D eigenvalue weighted by Gasteiger charge is 2.25. The molecule has 0 saturated carbocycles. The van der Waals surface area contributed by atoms with E-state index in [1.54, 1.807) is 13.2 Å². The van der Waals surface area contributed by atoms with Crippen LogP contribution in [0.25, 0.3) is 0 Å². The van der Waals surface area contributed by atoms with E-state index in [-0.39, 0.29) is 5.92 Å². The Kier molecular flexibility index (Phi) is 7.80. The van der Waals surface area contributed by atoms with Crippen molar-refractivity contribution in [2.75, 3.05) is 25.2 Å². The van der Waals surface area contributed by atoms with Crippen molar-refractivity contribution in [3.63, 3.8) is 0 Å². The molecule has 6 nitrogen and oxygen atoms in total. The van der Waals surface area contributed by atoms with E-state index in [4.69, 9.17) is 4.74 Å². The molecule has 6 heteroatoms. The first-order valence-corrected chi connectivity index (χ1v) is 12.0. The molecule has 2 N–H and O–H groups in total. The van der Waals surface area contributed by atoms with Gasteiger partial charge >= 0.3 is 0 Å². The van der Waals surface area contributed by atoms with Gasteiger partial charge in [-0.1, -0.05) is 43.3 Å². The second kappa shape index (κ2) is 11.2. The number of fused-ring (bicyclic) bond motifs is 1. The van der Waals surface area contributed by atoms with Gasteiger partial charge in [0.1, 0.15) is 11.5 Å². The third-order valence-corrected chi connectivity index (χ3v) is 6.67. The van der Waals surface area contributed by atoms with Gasteiger partial charge in [0.25, 0.3) is 0 Å². The van der Waals surface area contributed by atoms with Crippen molar-refractivity contribution in [3.8, 4) is 11.5 Å². The minimum Gasteiger partial charge on any atom is -0.508 e. The van der Waals surface area contributed by atoms with Gasteiger partial charge in [0, 0.05) is 6.07 Å². The van der Waals surface area contributed by atoms with Crippen molar-refractivity contribution >= 4 is 5.69 Å². The summed E-state index contributed by atoms with van der Waals surface area (Å²) in [5.41, 5.74) is 6.63.